The maximum Gasteiger partial charge on any atom is 0.120 e. The molecule has 1 saturated carbocycles. The standard InChI is InChI=1S/C13H25NO2/c1-12(2)6-4-7-13(10-12)14-11(9-15-3)5-8-16-13/h11,14H,4-10H2,1-3H3. The van der Waals surface area contributed by atoms with Gasteiger partial charge in [-0.1, -0.05) is 13.8 Å². The Kier molecular flexibility index (Phi) is 3.57. The highest BCUT2D eigenvalue weighted by atomic mass is 16.5. The van der Waals surface area contributed by atoms with E-state index in [1.807, 2.05) is 0 Å². The summed E-state index contributed by atoms with van der Waals surface area (Å²) in [5.74, 6) is 0. The summed E-state index contributed by atoms with van der Waals surface area (Å²) in [6.45, 7) is 6.36. The van der Waals surface area contributed by atoms with Crippen molar-refractivity contribution >= 4 is 0 Å². The van der Waals surface area contributed by atoms with E-state index < -0.39 is 0 Å². The van der Waals surface area contributed by atoms with Gasteiger partial charge in [-0.2, -0.15) is 0 Å². The SMILES string of the molecule is COCC1CCOC2(CCCC(C)(C)C2)N1. The van der Waals surface area contributed by atoms with Crippen LogP contribution in [0, 0.1) is 5.41 Å². The summed E-state index contributed by atoms with van der Waals surface area (Å²) in [5, 5.41) is 3.68. The molecule has 1 saturated heterocycles. The molecule has 0 aromatic heterocycles. The molecule has 1 aliphatic carbocycles. The van der Waals surface area contributed by atoms with Crippen molar-refractivity contribution < 1.29 is 9.47 Å². The van der Waals surface area contributed by atoms with Crippen molar-refractivity contribution in [1.29, 1.82) is 0 Å². The molecule has 1 N–H and O–H groups in total. The molecule has 16 heavy (non-hydrogen) atoms. The van der Waals surface area contributed by atoms with Crippen molar-refractivity contribution in [3.63, 3.8) is 0 Å². The van der Waals surface area contributed by atoms with Crippen LogP contribution in [0.3, 0.4) is 0 Å². The number of nitrogens with one attached hydrogen (secondary N) is 1. The van der Waals surface area contributed by atoms with Gasteiger partial charge in [-0.05, 0) is 37.5 Å². The average molecular weight is 227 g/mol. The number of rotatable bonds is 2. The molecule has 0 amide bonds. The van der Waals surface area contributed by atoms with Crippen molar-refractivity contribution in [3.05, 3.63) is 0 Å². The van der Waals surface area contributed by atoms with Gasteiger partial charge in [0.1, 0.15) is 5.72 Å². The van der Waals surface area contributed by atoms with Crippen LogP contribution in [-0.2, 0) is 9.47 Å². The summed E-state index contributed by atoms with van der Waals surface area (Å²) in [6.07, 6.45) is 5.92. The Labute approximate surface area is 98.9 Å². The summed E-state index contributed by atoms with van der Waals surface area (Å²) in [5.41, 5.74) is 0.337. The van der Waals surface area contributed by atoms with E-state index in [9.17, 15) is 0 Å². The zero-order chi connectivity index (χ0) is 11.6. The van der Waals surface area contributed by atoms with Crippen LogP contribution >= 0.6 is 0 Å². The van der Waals surface area contributed by atoms with Gasteiger partial charge in [-0.3, -0.25) is 5.32 Å². The van der Waals surface area contributed by atoms with Crippen LogP contribution in [0.25, 0.3) is 0 Å². The van der Waals surface area contributed by atoms with Crippen molar-refractivity contribution in [2.75, 3.05) is 20.3 Å². The lowest BCUT2D eigenvalue weighted by molar-refractivity contribution is -0.155. The fourth-order valence-corrected chi connectivity index (χ4v) is 3.26. The zero-order valence-electron chi connectivity index (χ0n) is 10.8. The molecule has 2 rings (SSSR count). The van der Waals surface area contributed by atoms with Gasteiger partial charge >= 0.3 is 0 Å². The summed E-state index contributed by atoms with van der Waals surface area (Å²) in [7, 11) is 1.77. The summed E-state index contributed by atoms with van der Waals surface area (Å²) in [6, 6.07) is 0.465. The third-order valence-corrected chi connectivity index (χ3v) is 3.88. The largest absolute Gasteiger partial charge is 0.383 e. The summed E-state index contributed by atoms with van der Waals surface area (Å²) in [4.78, 5) is 0. The average Bonchev–Trinajstić information content (AvgIpc) is 2.16. The topological polar surface area (TPSA) is 30.5 Å². The molecule has 0 radical (unpaired) electrons. The van der Waals surface area contributed by atoms with Crippen LogP contribution in [0.4, 0.5) is 0 Å². The van der Waals surface area contributed by atoms with E-state index in [-0.39, 0.29) is 5.72 Å². The molecule has 2 atom stereocenters. The van der Waals surface area contributed by atoms with Crippen LogP contribution in [0.2, 0.25) is 0 Å². The molecule has 0 aromatic rings. The van der Waals surface area contributed by atoms with E-state index >= 15 is 0 Å². The van der Waals surface area contributed by atoms with Crippen LogP contribution in [0.1, 0.15) is 46.0 Å². The highest BCUT2D eigenvalue weighted by Gasteiger charge is 2.43. The minimum absolute atomic E-state index is 0.0663. The molecule has 3 heteroatoms. The van der Waals surface area contributed by atoms with E-state index in [2.05, 4.69) is 19.2 Å². The third-order valence-electron chi connectivity index (χ3n) is 3.88. The fraction of sp³-hybridized carbons (Fsp3) is 1.00. The first-order valence-electron chi connectivity index (χ1n) is 6.46. The third kappa shape index (κ3) is 2.76. The predicted octanol–water partition coefficient (Wildman–Crippen LogP) is 2.31. The van der Waals surface area contributed by atoms with Crippen LogP contribution in [0.5, 0.6) is 0 Å². The van der Waals surface area contributed by atoms with Gasteiger partial charge < -0.3 is 9.47 Å². The lowest BCUT2D eigenvalue weighted by Gasteiger charge is -2.49. The zero-order valence-corrected chi connectivity index (χ0v) is 10.8. The molecule has 1 heterocycles. The first kappa shape index (κ1) is 12.3. The highest BCUT2D eigenvalue weighted by molar-refractivity contribution is 4.94. The molecule has 2 aliphatic rings. The maximum absolute atomic E-state index is 6.05. The Morgan fingerprint density at radius 1 is 1.38 bits per heavy atom. The van der Waals surface area contributed by atoms with Crippen molar-refractivity contribution in [1.82, 2.24) is 5.32 Å². The predicted molar refractivity (Wildman–Crippen MR) is 64.3 cm³/mol. The van der Waals surface area contributed by atoms with Gasteiger partial charge in [0, 0.05) is 13.2 Å². The highest BCUT2D eigenvalue weighted by Crippen LogP contribution is 2.42. The molecular weight excluding hydrogens is 202 g/mol. The monoisotopic (exact) mass is 227 g/mol. The van der Waals surface area contributed by atoms with E-state index in [0.717, 1.165) is 32.5 Å². The lowest BCUT2D eigenvalue weighted by atomic mass is 9.72. The van der Waals surface area contributed by atoms with Crippen LogP contribution in [-0.4, -0.2) is 32.1 Å². The summed E-state index contributed by atoms with van der Waals surface area (Å²) < 4.78 is 11.3. The van der Waals surface area contributed by atoms with E-state index in [1.165, 1.54) is 12.8 Å². The minimum atomic E-state index is -0.0663. The molecule has 0 aromatic carbocycles. The van der Waals surface area contributed by atoms with Gasteiger partial charge in [0.15, 0.2) is 0 Å². The van der Waals surface area contributed by atoms with Gasteiger partial charge in [0.25, 0.3) is 0 Å². The molecular formula is C13H25NO2. The van der Waals surface area contributed by atoms with E-state index in [4.69, 9.17) is 9.47 Å². The molecule has 1 spiro atoms. The molecule has 2 unspecified atom stereocenters. The van der Waals surface area contributed by atoms with Crippen molar-refractivity contribution in [2.24, 2.45) is 5.41 Å². The quantitative estimate of drug-likeness (QED) is 0.785. The second-order valence-corrected chi connectivity index (χ2v) is 6.12. The Morgan fingerprint density at radius 2 is 2.19 bits per heavy atom. The number of hydrogen-bond donors (Lipinski definition) is 1. The summed E-state index contributed by atoms with van der Waals surface area (Å²) >= 11 is 0. The Bertz CT molecular complexity index is 236. The minimum Gasteiger partial charge on any atom is -0.383 e. The van der Waals surface area contributed by atoms with Gasteiger partial charge in [0.2, 0.25) is 0 Å². The molecule has 3 nitrogen and oxygen atoms in total. The Morgan fingerprint density at radius 3 is 2.88 bits per heavy atom. The molecule has 2 fully saturated rings. The second kappa shape index (κ2) is 4.63. The first-order chi connectivity index (χ1) is 7.55. The molecule has 1 aliphatic heterocycles. The van der Waals surface area contributed by atoms with Crippen LogP contribution in [0.15, 0.2) is 0 Å². The van der Waals surface area contributed by atoms with Gasteiger partial charge in [0.05, 0.1) is 13.2 Å². The molecule has 94 valence electrons. The maximum atomic E-state index is 6.05. The Hall–Kier alpha value is -0.120. The van der Waals surface area contributed by atoms with E-state index in [0.29, 0.717) is 11.5 Å². The Balaban J connectivity index is 2.00. The van der Waals surface area contributed by atoms with Crippen molar-refractivity contribution in [2.45, 2.75) is 57.7 Å². The van der Waals surface area contributed by atoms with Gasteiger partial charge in [-0.25, -0.2) is 0 Å². The number of hydrogen-bond acceptors (Lipinski definition) is 3. The first-order valence-corrected chi connectivity index (χ1v) is 6.46. The normalized spacial score (nSPS) is 38.8. The van der Waals surface area contributed by atoms with Gasteiger partial charge in [-0.15, -0.1) is 0 Å². The van der Waals surface area contributed by atoms with Crippen molar-refractivity contribution in [3.8, 4) is 0 Å². The number of ether oxygens (including phenoxy) is 2. The fourth-order valence-electron chi connectivity index (χ4n) is 3.26. The lowest BCUT2D eigenvalue weighted by Crippen LogP contribution is -2.60. The molecule has 0 bridgehead atoms. The van der Waals surface area contributed by atoms with E-state index in [1.54, 1.807) is 7.11 Å². The number of methoxy groups -OCH3 is 1. The van der Waals surface area contributed by atoms with Crippen LogP contribution < -0.4 is 5.32 Å². The second-order valence-electron chi connectivity index (χ2n) is 6.12. The smallest absolute Gasteiger partial charge is 0.120 e.